The average molecular weight is 392 g/mol. The van der Waals surface area contributed by atoms with Crippen LogP contribution < -0.4 is 4.74 Å². The Labute approximate surface area is 169 Å². The van der Waals surface area contributed by atoms with Crippen LogP contribution in [0.3, 0.4) is 0 Å². The van der Waals surface area contributed by atoms with E-state index < -0.39 is 0 Å². The van der Waals surface area contributed by atoms with Gasteiger partial charge < -0.3 is 9.57 Å². The van der Waals surface area contributed by atoms with Crippen molar-refractivity contribution in [2.75, 3.05) is 0 Å². The summed E-state index contributed by atoms with van der Waals surface area (Å²) >= 11 is 0. The highest BCUT2D eigenvalue weighted by Gasteiger charge is 2.23. The van der Waals surface area contributed by atoms with Crippen molar-refractivity contribution in [3.8, 4) is 5.88 Å². The molecule has 0 N–H and O–H groups in total. The summed E-state index contributed by atoms with van der Waals surface area (Å²) in [7, 11) is 0. The summed E-state index contributed by atoms with van der Waals surface area (Å²) in [6, 6.07) is 11.9. The Morgan fingerprint density at radius 2 is 1.97 bits per heavy atom. The van der Waals surface area contributed by atoms with Crippen molar-refractivity contribution < 1.29 is 9.57 Å². The van der Waals surface area contributed by atoms with E-state index in [0.29, 0.717) is 24.2 Å². The van der Waals surface area contributed by atoms with Crippen molar-refractivity contribution in [3.63, 3.8) is 0 Å². The summed E-state index contributed by atoms with van der Waals surface area (Å²) in [5, 5.41) is 16.6. The van der Waals surface area contributed by atoms with Crippen LogP contribution in [-0.4, -0.2) is 30.9 Å². The predicted octanol–water partition coefficient (Wildman–Crippen LogP) is 3.31. The van der Waals surface area contributed by atoms with Crippen LogP contribution >= 0.6 is 0 Å². The lowest BCUT2D eigenvalue weighted by molar-refractivity contribution is 0.130. The minimum atomic E-state index is 0.240. The van der Waals surface area contributed by atoms with Gasteiger partial charge in [0.25, 0.3) is 0 Å². The van der Waals surface area contributed by atoms with E-state index in [1.807, 2.05) is 25.1 Å². The molecule has 2 aromatic heterocycles. The number of nitrogens with zero attached hydrogens (tertiary/aromatic N) is 6. The lowest BCUT2D eigenvalue weighted by atomic mass is 10.2. The van der Waals surface area contributed by atoms with Crippen LogP contribution in [0, 0.1) is 12.8 Å². The van der Waals surface area contributed by atoms with Crippen molar-refractivity contribution in [3.05, 3.63) is 65.1 Å². The monoisotopic (exact) mass is 392 g/mol. The smallest absolute Gasteiger partial charge is 0.213 e. The number of ether oxygens (including phenoxy) is 1. The normalized spacial score (nSPS) is 14.1. The molecule has 0 radical (unpaired) electrons. The number of hydrogen-bond acceptors (Lipinski definition) is 7. The number of tetrazole rings is 1. The molecule has 4 rings (SSSR count). The Morgan fingerprint density at radius 3 is 2.69 bits per heavy atom. The molecule has 1 aromatic carbocycles. The first-order valence-electron chi connectivity index (χ1n) is 9.74. The second kappa shape index (κ2) is 8.81. The van der Waals surface area contributed by atoms with Gasteiger partial charge in [0.05, 0.1) is 12.3 Å². The molecular weight excluding hydrogens is 368 g/mol. The zero-order valence-corrected chi connectivity index (χ0v) is 16.7. The van der Waals surface area contributed by atoms with Crippen molar-refractivity contribution in [1.82, 2.24) is 25.2 Å². The number of oxime groups is 1. The molecule has 0 atom stereocenters. The zero-order valence-electron chi connectivity index (χ0n) is 16.7. The maximum atomic E-state index is 5.65. The summed E-state index contributed by atoms with van der Waals surface area (Å²) in [6.07, 6.45) is 4.22. The molecule has 0 aliphatic heterocycles. The first-order chi connectivity index (χ1) is 14.2. The highest BCUT2D eigenvalue weighted by Crippen LogP contribution is 2.29. The van der Waals surface area contributed by atoms with Gasteiger partial charge in [-0.05, 0) is 49.5 Å². The molecule has 150 valence electrons. The van der Waals surface area contributed by atoms with Crippen LogP contribution in [0.4, 0.5) is 0 Å². The molecule has 0 unspecified atom stereocenters. The fourth-order valence-corrected chi connectivity index (χ4v) is 2.70. The van der Waals surface area contributed by atoms with E-state index in [9.17, 15) is 0 Å². The predicted molar refractivity (Wildman–Crippen MR) is 107 cm³/mol. The van der Waals surface area contributed by atoms with E-state index in [-0.39, 0.29) is 6.61 Å². The van der Waals surface area contributed by atoms with Crippen molar-refractivity contribution in [1.29, 1.82) is 0 Å². The summed E-state index contributed by atoms with van der Waals surface area (Å²) in [4.78, 5) is 11.4. The number of aromatic nitrogens is 5. The topological polar surface area (TPSA) is 87.3 Å². The minimum absolute atomic E-state index is 0.240. The standard InChI is InChI=1S/C21H24N6O2/c1-15-3-5-18(6-4-15)13-29-25-16(2)19-9-10-21(22-11-19)28-14-20-23-26-27(24-20)12-17-7-8-17/h3-6,9-11,17H,7-8,12-14H2,1-2H3. The molecule has 0 bridgehead atoms. The van der Waals surface area contributed by atoms with E-state index in [1.165, 1.54) is 18.4 Å². The Kier molecular flexibility index (Phi) is 5.79. The maximum absolute atomic E-state index is 5.65. The number of rotatable bonds is 9. The molecule has 0 amide bonds. The molecule has 8 nitrogen and oxygen atoms in total. The minimum Gasteiger partial charge on any atom is -0.469 e. The van der Waals surface area contributed by atoms with E-state index in [2.05, 4.69) is 44.6 Å². The molecule has 0 saturated heterocycles. The van der Waals surface area contributed by atoms with Gasteiger partial charge in [0.2, 0.25) is 11.7 Å². The van der Waals surface area contributed by atoms with Gasteiger partial charge >= 0.3 is 0 Å². The van der Waals surface area contributed by atoms with E-state index in [0.717, 1.165) is 23.4 Å². The van der Waals surface area contributed by atoms with Crippen LogP contribution in [0.1, 0.15) is 42.3 Å². The molecule has 1 saturated carbocycles. The first-order valence-corrected chi connectivity index (χ1v) is 9.74. The fourth-order valence-electron chi connectivity index (χ4n) is 2.70. The van der Waals surface area contributed by atoms with Crippen LogP contribution in [0.5, 0.6) is 5.88 Å². The molecule has 3 aromatic rings. The second-order valence-electron chi connectivity index (χ2n) is 7.31. The van der Waals surface area contributed by atoms with E-state index >= 15 is 0 Å². The maximum Gasteiger partial charge on any atom is 0.213 e. The van der Waals surface area contributed by atoms with Gasteiger partial charge in [0.1, 0.15) is 6.61 Å². The van der Waals surface area contributed by atoms with Crippen molar-refractivity contribution in [2.45, 2.75) is 46.4 Å². The van der Waals surface area contributed by atoms with Gasteiger partial charge in [-0.25, -0.2) is 4.98 Å². The highest BCUT2D eigenvalue weighted by molar-refractivity contribution is 5.98. The van der Waals surface area contributed by atoms with Crippen LogP contribution in [0.25, 0.3) is 0 Å². The quantitative estimate of drug-likeness (QED) is 0.410. The molecule has 1 aliphatic rings. The molecule has 1 aliphatic carbocycles. The highest BCUT2D eigenvalue weighted by atomic mass is 16.6. The summed E-state index contributed by atoms with van der Waals surface area (Å²) < 4.78 is 5.65. The number of benzene rings is 1. The summed E-state index contributed by atoms with van der Waals surface area (Å²) in [5.41, 5.74) is 3.92. The third-order valence-electron chi connectivity index (χ3n) is 4.67. The van der Waals surface area contributed by atoms with E-state index in [4.69, 9.17) is 9.57 Å². The largest absolute Gasteiger partial charge is 0.469 e. The Hall–Kier alpha value is -3.29. The first kappa shape index (κ1) is 19.0. The SMILES string of the molecule is CC(=NOCc1ccc(C)cc1)c1ccc(OCc2nnn(CC3CC3)n2)nc1. The number of hydrogen-bond donors (Lipinski definition) is 0. The van der Waals surface area contributed by atoms with Gasteiger partial charge in [-0.1, -0.05) is 35.0 Å². The van der Waals surface area contributed by atoms with E-state index in [1.54, 1.807) is 17.1 Å². The third kappa shape index (κ3) is 5.60. The van der Waals surface area contributed by atoms with Crippen molar-refractivity contribution >= 4 is 5.71 Å². The van der Waals surface area contributed by atoms with Gasteiger partial charge in [-0.3, -0.25) is 0 Å². The Balaban J connectivity index is 1.26. The second-order valence-corrected chi connectivity index (χ2v) is 7.31. The summed E-state index contributed by atoms with van der Waals surface area (Å²) in [6.45, 7) is 5.45. The number of pyridine rings is 1. The van der Waals surface area contributed by atoms with Crippen molar-refractivity contribution in [2.24, 2.45) is 11.1 Å². The molecule has 29 heavy (non-hydrogen) atoms. The van der Waals surface area contributed by atoms with Gasteiger partial charge in [-0.15, -0.1) is 10.2 Å². The molecule has 2 heterocycles. The fraction of sp³-hybridized carbons (Fsp3) is 0.381. The molecule has 8 heteroatoms. The van der Waals surface area contributed by atoms with Gasteiger partial charge in [0, 0.05) is 17.8 Å². The molecular formula is C21H24N6O2. The number of aryl methyl sites for hydroxylation is 1. The lowest BCUT2D eigenvalue weighted by Gasteiger charge is -2.05. The van der Waals surface area contributed by atoms with Crippen LogP contribution in [0.2, 0.25) is 0 Å². The summed E-state index contributed by atoms with van der Waals surface area (Å²) in [5.74, 6) is 1.76. The molecule has 0 spiro atoms. The lowest BCUT2D eigenvalue weighted by Crippen LogP contribution is -2.05. The van der Waals surface area contributed by atoms with Gasteiger partial charge in [-0.2, -0.15) is 4.80 Å². The molecule has 1 fully saturated rings. The average Bonchev–Trinajstić information content (AvgIpc) is 3.44. The Morgan fingerprint density at radius 1 is 1.14 bits per heavy atom. The van der Waals surface area contributed by atoms with Crippen LogP contribution in [-0.2, 0) is 24.6 Å². The zero-order chi connectivity index (χ0) is 20.1. The van der Waals surface area contributed by atoms with Gasteiger partial charge in [0.15, 0.2) is 6.61 Å². The third-order valence-corrected chi connectivity index (χ3v) is 4.67. The van der Waals surface area contributed by atoms with Crippen LogP contribution in [0.15, 0.2) is 47.8 Å². The Bertz CT molecular complexity index is 962.